The Balaban J connectivity index is 2.18. The molecule has 1 aliphatic rings. The van der Waals surface area contributed by atoms with Crippen LogP contribution in [0, 0.1) is 5.92 Å². The van der Waals surface area contributed by atoms with Crippen molar-refractivity contribution >= 4 is 5.91 Å². The normalized spacial score (nSPS) is 20.4. The summed E-state index contributed by atoms with van der Waals surface area (Å²) in [4.78, 5) is 13.2. The van der Waals surface area contributed by atoms with Crippen molar-refractivity contribution in [2.75, 3.05) is 19.6 Å². The first-order valence-corrected chi connectivity index (χ1v) is 5.23. The highest BCUT2D eigenvalue weighted by Gasteiger charge is 2.19. The van der Waals surface area contributed by atoms with Crippen LogP contribution in [0.1, 0.15) is 32.6 Å². The zero-order valence-electron chi connectivity index (χ0n) is 8.46. The van der Waals surface area contributed by atoms with Crippen LogP contribution in [-0.2, 0) is 4.79 Å². The number of carbonyl (C=O) groups is 1. The summed E-state index contributed by atoms with van der Waals surface area (Å²) in [5.41, 5.74) is 5.16. The Morgan fingerprint density at radius 2 is 2.08 bits per heavy atom. The predicted octanol–water partition coefficient (Wildman–Crippen LogP) is 0.984. The molecule has 1 heterocycles. The van der Waals surface area contributed by atoms with Gasteiger partial charge >= 0.3 is 0 Å². The van der Waals surface area contributed by atoms with Gasteiger partial charge < -0.3 is 10.6 Å². The maximum Gasteiger partial charge on any atom is 0.217 e. The van der Waals surface area contributed by atoms with Crippen LogP contribution in [0.3, 0.4) is 0 Å². The molecule has 0 aromatic carbocycles. The zero-order valence-corrected chi connectivity index (χ0v) is 8.46. The van der Waals surface area contributed by atoms with Gasteiger partial charge in [0, 0.05) is 6.42 Å². The van der Waals surface area contributed by atoms with E-state index in [-0.39, 0.29) is 5.91 Å². The van der Waals surface area contributed by atoms with Crippen LogP contribution in [0.5, 0.6) is 0 Å². The molecule has 0 radical (unpaired) electrons. The van der Waals surface area contributed by atoms with Gasteiger partial charge in [0.25, 0.3) is 0 Å². The third-order valence-electron chi connectivity index (χ3n) is 2.74. The molecule has 76 valence electrons. The van der Waals surface area contributed by atoms with Gasteiger partial charge in [0.2, 0.25) is 5.91 Å². The number of rotatable bonds is 4. The van der Waals surface area contributed by atoms with Crippen LogP contribution >= 0.6 is 0 Å². The number of amides is 1. The van der Waals surface area contributed by atoms with E-state index < -0.39 is 0 Å². The van der Waals surface area contributed by atoms with Crippen molar-refractivity contribution in [3.05, 3.63) is 0 Å². The summed E-state index contributed by atoms with van der Waals surface area (Å²) in [6.07, 6.45) is 4.09. The molecule has 1 rings (SSSR count). The average Bonchev–Trinajstić information content (AvgIpc) is 2.08. The average molecular weight is 184 g/mol. The highest BCUT2D eigenvalue weighted by molar-refractivity contribution is 5.73. The summed E-state index contributed by atoms with van der Waals surface area (Å²) in [6.45, 7) is 5.69. The molecular formula is C10H20N2O. The van der Waals surface area contributed by atoms with E-state index in [0.29, 0.717) is 12.3 Å². The smallest absolute Gasteiger partial charge is 0.217 e. The number of carbonyl (C=O) groups excluding carboxylic acids is 1. The molecule has 0 bridgehead atoms. The summed E-state index contributed by atoms with van der Waals surface area (Å²) >= 11 is 0. The quantitative estimate of drug-likeness (QED) is 0.708. The molecule has 1 saturated heterocycles. The Bertz CT molecular complexity index is 162. The number of hydrogen-bond acceptors (Lipinski definition) is 2. The molecule has 3 nitrogen and oxygen atoms in total. The fourth-order valence-corrected chi connectivity index (χ4v) is 2.01. The zero-order chi connectivity index (χ0) is 9.68. The predicted molar refractivity (Wildman–Crippen MR) is 53.3 cm³/mol. The van der Waals surface area contributed by atoms with Gasteiger partial charge in [-0.25, -0.2) is 0 Å². The van der Waals surface area contributed by atoms with E-state index in [1.54, 1.807) is 0 Å². The van der Waals surface area contributed by atoms with Crippen LogP contribution in [0.2, 0.25) is 0 Å². The highest BCUT2D eigenvalue weighted by Crippen LogP contribution is 2.19. The van der Waals surface area contributed by atoms with Crippen molar-refractivity contribution < 1.29 is 4.79 Å². The van der Waals surface area contributed by atoms with E-state index in [1.807, 2.05) is 0 Å². The number of likely N-dealkylation sites (tertiary alicyclic amines) is 1. The molecule has 0 saturated carbocycles. The fourth-order valence-electron chi connectivity index (χ4n) is 2.01. The fraction of sp³-hybridized carbons (Fsp3) is 0.900. The van der Waals surface area contributed by atoms with E-state index in [1.165, 1.54) is 13.0 Å². The number of primary amides is 1. The Labute approximate surface area is 80.3 Å². The topological polar surface area (TPSA) is 46.3 Å². The van der Waals surface area contributed by atoms with Gasteiger partial charge in [0.05, 0.1) is 0 Å². The van der Waals surface area contributed by atoms with Crippen molar-refractivity contribution in [2.24, 2.45) is 11.7 Å². The SMILES string of the molecule is CCCN1CCC(CC(N)=O)CC1. The second-order valence-corrected chi connectivity index (χ2v) is 3.96. The molecular weight excluding hydrogens is 164 g/mol. The Morgan fingerprint density at radius 3 is 2.54 bits per heavy atom. The van der Waals surface area contributed by atoms with E-state index in [0.717, 1.165) is 25.9 Å². The lowest BCUT2D eigenvalue weighted by atomic mass is 9.93. The summed E-state index contributed by atoms with van der Waals surface area (Å²) < 4.78 is 0. The maximum atomic E-state index is 10.7. The van der Waals surface area contributed by atoms with Crippen LogP contribution in [0.15, 0.2) is 0 Å². The molecule has 0 aliphatic carbocycles. The van der Waals surface area contributed by atoms with Gasteiger partial charge in [0.1, 0.15) is 0 Å². The van der Waals surface area contributed by atoms with Gasteiger partial charge in [-0.3, -0.25) is 4.79 Å². The van der Waals surface area contributed by atoms with Crippen LogP contribution in [0.4, 0.5) is 0 Å². The summed E-state index contributed by atoms with van der Waals surface area (Å²) in [7, 11) is 0. The van der Waals surface area contributed by atoms with Crippen molar-refractivity contribution in [3.8, 4) is 0 Å². The molecule has 0 aromatic heterocycles. The monoisotopic (exact) mass is 184 g/mol. The van der Waals surface area contributed by atoms with Gasteiger partial charge in [-0.05, 0) is 44.8 Å². The Morgan fingerprint density at radius 1 is 1.46 bits per heavy atom. The number of nitrogens with two attached hydrogens (primary N) is 1. The minimum Gasteiger partial charge on any atom is -0.370 e. The van der Waals surface area contributed by atoms with E-state index in [4.69, 9.17) is 5.73 Å². The van der Waals surface area contributed by atoms with Crippen LogP contribution in [0.25, 0.3) is 0 Å². The Hall–Kier alpha value is -0.570. The Kier molecular flexibility index (Phi) is 4.22. The molecule has 1 aliphatic heterocycles. The molecule has 0 aromatic rings. The lowest BCUT2D eigenvalue weighted by Crippen LogP contribution is -2.35. The number of nitrogens with zero attached hydrogens (tertiary/aromatic N) is 1. The molecule has 0 unspecified atom stereocenters. The standard InChI is InChI=1S/C10H20N2O/c1-2-5-12-6-3-9(4-7-12)8-10(11)13/h9H,2-8H2,1H3,(H2,11,13). The number of hydrogen-bond donors (Lipinski definition) is 1. The van der Waals surface area contributed by atoms with Gasteiger partial charge in [-0.1, -0.05) is 6.92 Å². The second-order valence-electron chi connectivity index (χ2n) is 3.96. The molecule has 1 fully saturated rings. The third-order valence-corrected chi connectivity index (χ3v) is 2.74. The lowest BCUT2D eigenvalue weighted by molar-refractivity contribution is -0.119. The first-order chi connectivity index (χ1) is 6.22. The van der Waals surface area contributed by atoms with E-state index in [2.05, 4.69) is 11.8 Å². The van der Waals surface area contributed by atoms with Crippen molar-refractivity contribution in [2.45, 2.75) is 32.6 Å². The van der Waals surface area contributed by atoms with Gasteiger partial charge in [-0.2, -0.15) is 0 Å². The minimum absolute atomic E-state index is 0.144. The van der Waals surface area contributed by atoms with E-state index in [9.17, 15) is 4.79 Å². The third kappa shape index (κ3) is 3.77. The van der Waals surface area contributed by atoms with E-state index >= 15 is 0 Å². The first-order valence-electron chi connectivity index (χ1n) is 5.23. The van der Waals surface area contributed by atoms with Crippen LogP contribution < -0.4 is 5.73 Å². The molecule has 3 heteroatoms. The molecule has 1 amide bonds. The first kappa shape index (κ1) is 10.5. The second kappa shape index (κ2) is 5.22. The van der Waals surface area contributed by atoms with Gasteiger partial charge in [0.15, 0.2) is 0 Å². The maximum absolute atomic E-state index is 10.7. The van der Waals surface area contributed by atoms with Crippen molar-refractivity contribution in [3.63, 3.8) is 0 Å². The minimum atomic E-state index is -0.144. The summed E-state index contributed by atoms with van der Waals surface area (Å²) in [5, 5.41) is 0. The van der Waals surface area contributed by atoms with Crippen molar-refractivity contribution in [1.82, 2.24) is 4.90 Å². The molecule has 0 atom stereocenters. The largest absolute Gasteiger partial charge is 0.370 e. The lowest BCUT2D eigenvalue weighted by Gasteiger charge is -2.31. The number of piperidine rings is 1. The van der Waals surface area contributed by atoms with Gasteiger partial charge in [-0.15, -0.1) is 0 Å². The molecule has 0 spiro atoms. The van der Waals surface area contributed by atoms with Crippen molar-refractivity contribution in [1.29, 1.82) is 0 Å². The molecule has 13 heavy (non-hydrogen) atoms. The summed E-state index contributed by atoms with van der Waals surface area (Å²) in [5.74, 6) is 0.402. The highest BCUT2D eigenvalue weighted by atomic mass is 16.1. The summed E-state index contributed by atoms with van der Waals surface area (Å²) in [6, 6.07) is 0. The van der Waals surface area contributed by atoms with Crippen LogP contribution in [-0.4, -0.2) is 30.4 Å². The molecule has 2 N–H and O–H groups in total.